The molecule has 28 heavy (non-hydrogen) atoms. The van der Waals surface area contributed by atoms with Crippen LogP contribution in [0.4, 0.5) is 11.4 Å². The molecule has 0 bridgehead atoms. The third kappa shape index (κ3) is 4.12. The molecule has 0 aliphatic heterocycles. The van der Waals surface area contributed by atoms with Crippen LogP contribution < -0.4 is 9.47 Å². The number of rotatable bonds is 6. The van der Waals surface area contributed by atoms with Crippen molar-refractivity contribution in [3.63, 3.8) is 0 Å². The van der Waals surface area contributed by atoms with Gasteiger partial charge in [0.2, 0.25) is 0 Å². The highest BCUT2D eigenvalue weighted by molar-refractivity contribution is 5.90. The minimum absolute atomic E-state index is 0.0241. The van der Waals surface area contributed by atoms with E-state index in [1.807, 2.05) is 24.3 Å². The Morgan fingerprint density at radius 1 is 0.643 bits per heavy atom. The zero-order valence-electron chi connectivity index (χ0n) is 15.5. The van der Waals surface area contributed by atoms with E-state index in [0.29, 0.717) is 34.0 Å². The number of phenolic OH excluding ortho intramolecular Hbond substituents is 2. The van der Waals surface area contributed by atoms with Crippen LogP contribution in [0.5, 0.6) is 23.0 Å². The molecule has 0 aromatic heterocycles. The normalized spacial score (nSPS) is 11.2. The zero-order valence-corrected chi connectivity index (χ0v) is 15.5. The third-order valence-corrected chi connectivity index (χ3v) is 4.07. The topological polar surface area (TPSA) is 83.6 Å². The van der Waals surface area contributed by atoms with E-state index in [2.05, 4.69) is 9.98 Å². The number of aromatic hydroxyl groups is 2. The van der Waals surface area contributed by atoms with Crippen LogP contribution in [-0.2, 0) is 0 Å². The van der Waals surface area contributed by atoms with Gasteiger partial charge in [-0.15, -0.1) is 0 Å². The van der Waals surface area contributed by atoms with Gasteiger partial charge in [0.25, 0.3) is 0 Å². The highest BCUT2D eigenvalue weighted by atomic mass is 16.5. The summed E-state index contributed by atoms with van der Waals surface area (Å²) in [7, 11) is 2.99. The number of nitrogens with zero attached hydrogens (tertiary/aromatic N) is 2. The van der Waals surface area contributed by atoms with Gasteiger partial charge >= 0.3 is 0 Å². The highest BCUT2D eigenvalue weighted by Crippen LogP contribution is 2.32. The number of hydrogen-bond donors (Lipinski definition) is 2. The Morgan fingerprint density at radius 3 is 1.46 bits per heavy atom. The first kappa shape index (κ1) is 19.0. The molecular weight excluding hydrogens is 356 g/mol. The smallest absolute Gasteiger partial charge is 0.166 e. The van der Waals surface area contributed by atoms with Gasteiger partial charge in [-0.1, -0.05) is 24.3 Å². The Labute approximate surface area is 163 Å². The van der Waals surface area contributed by atoms with Crippen molar-refractivity contribution in [1.29, 1.82) is 0 Å². The molecule has 0 radical (unpaired) electrons. The van der Waals surface area contributed by atoms with Crippen LogP contribution in [0.15, 0.2) is 70.6 Å². The zero-order chi connectivity index (χ0) is 19.9. The van der Waals surface area contributed by atoms with E-state index in [1.54, 1.807) is 48.8 Å². The highest BCUT2D eigenvalue weighted by Gasteiger charge is 2.07. The van der Waals surface area contributed by atoms with Gasteiger partial charge < -0.3 is 19.7 Å². The van der Waals surface area contributed by atoms with Crippen LogP contribution >= 0.6 is 0 Å². The third-order valence-electron chi connectivity index (χ3n) is 4.07. The first-order valence-electron chi connectivity index (χ1n) is 8.53. The van der Waals surface area contributed by atoms with Gasteiger partial charge in [-0.25, -0.2) is 0 Å². The molecule has 0 aliphatic rings. The fourth-order valence-electron chi connectivity index (χ4n) is 2.58. The average Bonchev–Trinajstić information content (AvgIpc) is 2.73. The molecule has 3 aromatic rings. The maximum atomic E-state index is 10.2. The number of aliphatic imine (C=N–C) groups is 2. The molecule has 3 rings (SSSR count). The molecule has 0 unspecified atom stereocenters. The second-order valence-corrected chi connectivity index (χ2v) is 5.80. The number of phenols is 2. The van der Waals surface area contributed by atoms with Gasteiger partial charge in [-0.05, 0) is 36.4 Å². The molecule has 3 aromatic carbocycles. The predicted octanol–water partition coefficient (Wildman–Crippen LogP) is 4.62. The lowest BCUT2D eigenvalue weighted by Gasteiger charge is -2.06. The summed E-state index contributed by atoms with van der Waals surface area (Å²) in [5.41, 5.74) is 2.29. The molecule has 0 fully saturated rings. The fourth-order valence-corrected chi connectivity index (χ4v) is 2.58. The number of para-hydroxylation sites is 4. The van der Waals surface area contributed by atoms with Gasteiger partial charge in [0, 0.05) is 23.6 Å². The molecule has 0 atom stereocenters. The largest absolute Gasteiger partial charge is 0.504 e. The molecule has 0 aliphatic carbocycles. The quantitative estimate of drug-likeness (QED) is 0.615. The number of benzene rings is 3. The first-order valence-corrected chi connectivity index (χ1v) is 8.53. The summed E-state index contributed by atoms with van der Waals surface area (Å²) < 4.78 is 10.2. The van der Waals surface area contributed by atoms with Crippen molar-refractivity contribution >= 4 is 23.8 Å². The van der Waals surface area contributed by atoms with Gasteiger partial charge in [-0.3, -0.25) is 9.98 Å². The summed E-state index contributed by atoms with van der Waals surface area (Å²) in [6, 6.07) is 17.7. The van der Waals surface area contributed by atoms with E-state index in [0.717, 1.165) is 0 Å². The molecule has 142 valence electrons. The van der Waals surface area contributed by atoms with Crippen molar-refractivity contribution in [1.82, 2.24) is 0 Å². The van der Waals surface area contributed by atoms with Crippen LogP contribution in [0.3, 0.4) is 0 Å². The van der Waals surface area contributed by atoms with Crippen molar-refractivity contribution in [2.45, 2.75) is 0 Å². The van der Waals surface area contributed by atoms with Crippen molar-refractivity contribution < 1.29 is 19.7 Å². The monoisotopic (exact) mass is 376 g/mol. The van der Waals surface area contributed by atoms with Crippen molar-refractivity contribution in [2.75, 3.05) is 14.2 Å². The van der Waals surface area contributed by atoms with Gasteiger partial charge in [-0.2, -0.15) is 0 Å². The molecule has 0 heterocycles. The van der Waals surface area contributed by atoms with Crippen LogP contribution in [0, 0.1) is 0 Å². The standard InChI is InChI=1S/C22H20N2O4/c1-27-19-11-5-7-15(21(19)25)13-23-17-9-3-4-10-18(17)24-14-16-8-6-12-20(28-2)22(16)26/h3-14,25-26H,1-2H3. The molecule has 6 heteroatoms. The second kappa shape index (κ2) is 8.73. The molecule has 0 spiro atoms. The van der Waals surface area contributed by atoms with Gasteiger partial charge in [0.1, 0.15) is 0 Å². The summed E-state index contributed by atoms with van der Waals surface area (Å²) in [6.45, 7) is 0. The maximum Gasteiger partial charge on any atom is 0.166 e. The Morgan fingerprint density at radius 2 is 1.07 bits per heavy atom. The number of methoxy groups -OCH3 is 2. The maximum absolute atomic E-state index is 10.2. The van der Waals surface area contributed by atoms with Crippen LogP contribution in [0.2, 0.25) is 0 Å². The van der Waals surface area contributed by atoms with E-state index in [-0.39, 0.29) is 11.5 Å². The Kier molecular flexibility index (Phi) is 5.91. The van der Waals surface area contributed by atoms with E-state index < -0.39 is 0 Å². The Balaban J connectivity index is 1.90. The summed E-state index contributed by atoms with van der Waals surface area (Å²) in [5, 5.41) is 20.4. The first-order chi connectivity index (χ1) is 13.6. The van der Waals surface area contributed by atoms with Crippen LogP contribution in [-0.4, -0.2) is 36.9 Å². The van der Waals surface area contributed by atoms with E-state index in [4.69, 9.17) is 9.47 Å². The Bertz CT molecular complexity index is 946. The lowest BCUT2D eigenvalue weighted by atomic mass is 10.2. The molecule has 0 saturated heterocycles. The predicted molar refractivity (Wildman–Crippen MR) is 110 cm³/mol. The van der Waals surface area contributed by atoms with E-state index >= 15 is 0 Å². The van der Waals surface area contributed by atoms with Gasteiger partial charge in [0.15, 0.2) is 23.0 Å². The van der Waals surface area contributed by atoms with Gasteiger partial charge in [0.05, 0.1) is 25.6 Å². The number of hydrogen-bond acceptors (Lipinski definition) is 6. The van der Waals surface area contributed by atoms with E-state index in [1.165, 1.54) is 14.2 Å². The SMILES string of the molecule is COc1cccc(C=Nc2ccccc2N=Cc2cccc(OC)c2O)c1O. The second-order valence-electron chi connectivity index (χ2n) is 5.80. The Hall–Kier alpha value is -3.80. The summed E-state index contributed by atoms with van der Waals surface area (Å²) in [6.07, 6.45) is 3.10. The lowest BCUT2D eigenvalue weighted by molar-refractivity contribution is 0.373. The number of ether oxygens (including phenoxy) is 2. The van der Waals surface area contributed by atoms with Crippen molar-refractivity contribution in [3.05, 3.63) is 71.8 Å². The average molecular weight is 376 g/mol. The molecular formula is C22H20N2O4. The minimum Gasteiger partial charge on any atom is -0.504 e. The van der Waals surface area contributed by atoms with Crippen LogP contribution in [0.1, 0.15) is 11.1 Å². The summed E-state index contributed by atoms with van der Waals surface area (Å²) >= 11 is 0. The minimum atomic E-state index is 0.0241. The van der Waals surface area contributed by atoms with Crippen molar-refractivity contribution in [3.8, 4) is 23.0 Å². The molecule has 6 nitrogen and oxygen atoms in total. The fraction of sp³-hybridized carbons (Fsp3) is 0.0909. The molecule has 0 amide bonds. The summed E-state index contributed by atoms with van der Waals surface area (Å²) in [4.78, 5) is 8.88. The van der Waals surface area contributed by atoms with Crippen LogP contribution in [0.25, 0.3) is 0 Å². The van der Waals surface area contributed by atoms with Crippen molar-refractivity contribution in [2.24, 2.45) is 9.98 Å². The summed E-state index contributed by atoms with van der Waals surface area (Å²) in [5.74, 6) is 0.805. The van der Waals surface area contributed by atoms with E-state index in [9.17, 15) is 10.2 Å². The molecule has 2 N–H and O–H groups in total. The lowest BCUT2D eigenvalue weighted by Crippen LogP contribution is -1.88. The molecule has 0 saturated carbocycles.